The second-order valence-electron chi connectivity index (χ2n) is 7.84. The van der Waals surface area contributed by atoms with Crippen LogP contribution >= 0.6 is 0 Å². The summed E-state index contributed by atoms with van der Waals surface area (Å²) in [6.45, 7) is 1.93. The Balaban J connectivity index is 1.58. The molecule has 0 radical (unpaired) electrons. The number of ether oxygens (including phenoxy) is 1. The molecule has 9 nitrogen and oxygen atoms in total. The molecule has 9 heteroatoms. The molecule has 1 saturated carbocycles. The number of carboxylic acids is 1. The first-order valence-corrected chi connectivity index (χ1v) is 10.5. The SMILES string of the molecule is O=C(O)c1cc(OCCN2CCNC2=O)c2c(C3CCC3)nn(-c3ccccc3)c2n1. The van der Waals surface area contributed by atoms with Gasteiger partial charge in [0.05, 0.1) is 23.3 Å². The number of amides is 2. The molecule has 1 saturated heterocycles. The Bertz CT molecular complexity index is 1140. The average molecular weight is 421 g/mol. The molecule has 0 spiro atoms. The van der Waals surface area contributed by atoms with E-state index in [-0.39, 0.29) is 18.3 Å². The standard InChI is InChI=1S/C22H23N5O4/c28-21(29)16-13-17(31-12-11-26-10-9-23-22(26)30)18-19(14-5-4-6-14)25-27(20(18)24-16)15-7-2-1-3-8-15/h1-3,7-8,13-14H,4-6,9-12H2,(H,23,30)(H,28,29). The van der Waals surface area contributed by atoms with Gasteiger partial charge in [0.15, 0.2) is 11.3 Å². The molecule has 31 heavy (non-hydrogen) atoms. The van der Waals surface area contributed by atoms with Crippen molar-refractivity contribution in [2.24, 2.45) is 0 Å². The van der Waals surface area contributed by atoms with Gasteiger partial charge in [-0.3, -0.25) is 0 Å². The van der Waals surface area contributed by atoms with Gasteiger partial charge in [-0.1, -0.05) is 24.6 Å². The van der Waals surface area contributed by atoms with Gasteiger partial charge in [-0.25, -0.2) is 19.3 Å². The Morgan fingerprint density at radius 3 is 2.71 bits per heavy atom. The van der Waals surface area contributed by atoms with Gasteiger partial charge in [0, 0.05) is 25.1 Å². The van der Waals surface area contributed by atoms with Crippen LogP contribution in [0.5, 0.6) is 5.75 Å². The second kappa shape index (κ2) is 7.90. The van der Waals surface area contributed by atoms with Crippen LogP contribution in [0.1, 0.15) is 41.4 Å². The van der Waals surface area contributed by atoms with Crippen LogP contribution in [-0.4, -0.2) is 63.0 Å². The van der Waals surface area contributed by atoms with E-state index in [0.717, 1.165) is 36.0 Å². The molecule has 2 aliphatic rings. The van der Waals surface area contributed by atoms with Gasteiger partial charge in [0.2, 0.25) is 0 Å². The topological polar surface area (TPSA) is 110 Å². The van der Waals surface area contributed by atoms with Crippen LogP contribution in [0.25, 0.3) is 16.7 Å². The summed E-state index contributed by atoms with van der Waals surface area (Å²) >= 11 is 0. The number of nitrogens with zero attached hydrogens (tertiary/aromatic N) is 4. The van der Waals surface area contributed by atoms with E-state index in [1.807, 2.05) is 30.3 Å². The fraction of sp³-hybridized carbons (Fsp3) is 0.364. The van der Waals surface area contributed by atoms with Crippen molar-refractivity contribution in [1.82, 2.24) is 25.0 Å². The van der Waals surface area contributed by atoms with Gasteiger partial charge in [0.25, 0.3) is 0 Å². The third-order valence-corrected chi connectivity index (χ3v) is 5.90. The maximum atomic E-state index is 11.8. The Hall–Kier alpha value is -3.62. The molecule has 1 aromatic carbocycles. The second-order valence-corrected chi connectivity index (χ2v) is 7.84. The van der Waals surface area contributed by atoms with Gasteiger partial charge in [-0.15, -0.1) is 0 Å². The highest BCUT2D eigenvalue weighted by Crippen LogP contribution is 2.42. The molecule has 3 heterocycles. The number of para-hydroxylation sites is 1. The molecule has 5 rings (SSSR count). The molecule has 3 aromatic rings. The van der Waals surface area contributed by atoms with Crippen molar-refractivity contribution < 1.29 is 19.4 Å². The number of carbonyl (C=O) groups excluding carboxylic acids is 1. The lowest BCUT2D eigenvalue weighted by molar-refractivity contribution is 0.0690. The minimum atomic E-state index is -1.13. The Morgan fingerprint density at radius 2 is 2.06 bits per heavy atom. The summed E-state index contributed by atoms with van der Waals surface area (Å²) in [5.41, 5.74) is 2.08. The van der Waals surface area contributed by atoms with E-state index in [1.165, 1.54) is 6.07 Å². The number of urea groups is 1. The predicted molar refractivity (Wildman–Crippen MR) is 113 cm³/mol. The first-order chi connectivity index (χ1) is 15.1. The number of carboxylic acid groups (broad SMARTS) is 1. The van der Waals surface area contributed by atoms with E-state index in [2.05, 4.69) is 10.3 Å². The maximum Gasteiger partial charge on any atom is 0.354 e. The zero-order valence-corrected chi connectivity index (χ0v) is 17.0. The van der Waals surface area contributed by atoms with Gasteiger partial charge >= 0.3 is 12.0 Å². The number of fused-ring (bicyclic) bond motifs is 1. The van der Waals surface area contributed by atoms with E-state index < -0.39 is 5.97 Å². The third-order valence-electron chi connectivity index (χ3n) is 5.90. The van der Waals surface area contributed by atoms with Crippen LogP contribution in [0.4, 0.5) is 4.79 Å². The zero-order chi connectivity index (χ0) is 21.4. The number of benzene rings is 1. The van der Waals surface area contributed by atoms with Crippen LogP contribution in [0, 0.1) is 0 Å². The molecular formula is C22H23N5O4. The van der Waals surface area contributed by atoms with Crippen LogP contribution < -0.4 is 10.1 Å². The average Bonchev–Trinajstić information content (AvgIpc) is 3.31. The van der Waals surface area contributed by atoms with Crippen molar-refractivity contribution in [1.29, 1.82) is 0 Å². The number of aromatic carboxylic acids is 1. The summed E-state index contributed by atoms with van der Waals surface area (Å²) in [5.74, 6) is -0.376. The molecule has 0 bridgehead atoms. The van der Waals surface area contributed by atoms with E-state index in [9.17, 15) is 14.7 Å². The number of rotatable bonds is 7. The number of hydrogen-bond acceptors (Lipinski definition) is 5. The number of nitrogens with one attached hydrogen (secondary N) is 1. The third kappa shape index (κ3) is 3.56. The van der Waals surface area contributed by atoms with Crippen molar-refractivity contribution in [3.05, 3.63) is 47.8 Å². The minimum Gasteiger partial charge on any atom is -0.491 e. The van der Waals surface area contributed by atoms with Crippen LogP contribution in [0.3, 0.4) is 0 Å². The zero-order valence-electron chi connectivity index (χ0n) is 17.0. The highest BCUT2D eigenvalue weighted by molar-refractivity contribution is 5.94. The van der Waals surface area contributed by atoms with E-state index >= 15 is 0 Å². The normalized spacial score (nSPS) is 16.4. The van der Waals surface area contributed by atoms with Crippen molar-refractivity contribution in [3.63, 3.8) is 0 Å². The molecule has 1 aliphatic carbocycles. The summed E-state index contributed by atoms with van der Waals surface area (Å²) < 4.78 is 7.76. The van der Waals surface area contributed by atoms with E-state index in [4.69, 9.17) is 9.84 Å². The lowest BCUT2D eigenvalue weighted by atomic mass is 9.82. The summed E-state index contributed by atoms with van der Waals surface area (Å²) in [5, 5.41) is 18.0. The van der Waals surface area contributed by atoms with Gasteiger partial charge in [-0.05, 0) is 25.0 Å². The lowest BCUT2D eigenvalue weighted by Crippen LogP contribution is -2.31. The number of aromatic nitrogens is 3. The van der Waals surface area contributed by atoms with Gasteiger partial charge in [-0.2, -0.15) is 5.10 Å². The molecule has 2 N–H and O–H groups in total. The molecule has 1 aliphatic heterocycles. The molecule has 0 atom stereocenters. The van der Waals surface area contributed by atoms with Gasteiger partial charge in [0.1, 0.15) is 12.4 Å². The molecule has 2 amide bonds. The van der Waals surface area contributed by atoms with Crippen molar-refractivity contribution >= 4 is 23.0 Å². The summed E-state index contributed by atoms with van der Waals surface area (Å²) in [4.78, 5) is 29.6. The smallest absolute Gasteiger partial charge is 0.354 e. The molecule has 0 unspecified atom stereocenters. The monoisotopic (exact) mass is 421 g/mol. The van der Waals surface area contributed by atoms with E-state index in [1.54, 1.807) is 9.58 Å². The maximum absolute atomic E-state index is 11.8. The number of hydrogen-bond donors (Lipinski definition) is 2. The molecular weight excluding hydrogens is 398 g/mol. The van der Waals surface area contributed by atoms with E-state index in [0.29, 0.717) is 36.9 Å². The summed E-state index contributed by atoms with van der Waals surface area (Å²) in [6, 6.07) is 10.9. The Kier molecular flexibility index (Phi) is 4.93. The number of carbonyl (C=O) groups is 2. The van der Waals surface area contributed by atoms with Crippen molar-refractivity contribution in [2.75, 3.05) is 26.2 Å². The lowest BCUT2D eigenvalue weighted by Gasteiger charge is -2.24. The van der Waals surface area contributed by atoms with Crippen molar-refractivity contribution in [2.45, 2.75) is 25.2 Å². The van der Waals surface area contributed by atoms with Crippen molar-refractivity contribution in [3.8, 4) is 11.4 Å². The van der Waals surface area contributed by atoms with Crippen LogP contribution in [0.2, 0.25) is 0 Å². The highest BCUT2D eigenvalue weighted by atomic mass is 16.5. The first kappa shape index (κ1) is 19.3. The molecule has 2 fully saturated rings. The summed E-state index contributed by atoms with van der Waals surface area (Å²) in [6.07, 6.45) is 3.22. The van der Waals surface area contributed by atoms with Crippen LogP contribution in [0.15, 0.2) is 36.4 Å². The summed E-state index contributed by atoms with van der Waals surface area (Å²) in [7, 11) is 0. The first-order valence-electron chi connectivity index (χ1n) is 10.5. The fourth-order valence-electron chi connectivity index (χ4n) is 4.04. The molecule has 160 valence electrons. The largest absolute Gasteiger partial charge is 0.491 e. The van der Waals surface area contributed by atoms with Gasteiger partial charge < -0.3 is 20.1 Å². The fourth-order valence-corrected chi connectivity index (χ4v) is 4.04. The molecule has 2 aromatic heterocycles. The predicted octanol–water partition coefficient (Wildman–Crippen LogP) is 2.79. The highest BCUT2D eigenvalue weighted by Gasteiger charge is 2.29. The number of pyridine rings is 1. The minimum absolute atomic E-state index is 0.0985. The Morgan fingerprint density at radius 1 is 1.26 bits per heavy atom. The van der Waals surface area contributed by atoms with Crippen LogP contribution in [-0.2, 0) is 0 Å². The Labute approximate surface area is 178 Å². The quantitative estimate of drug-likeness (QED) is 0.607.